The summed E-state index contributed by atoms with van der Waals surface area (Å²) in [6, 6.07) is 15.2. The van der Waals surface area contributed by atoms with Crippen molar-refractivity contribution < 1.29 is 0 Å². The summed E-state index contributed by atoms with van der Waals surface area (Å²) < 4.78 is 0. The van der Waals surface area contributed by atoms with Crippen LogP contribution in [0, 0.1) is 6.92 Å². The van der Waals surface area contributed by atoms with Gasteiger partial charge >= 0.3 is 0 Å². The molecule has 134 valence electrons. The van der Waals surface area contributed by atoms with Crippen LogP contribution in [0.1, 0.15) is 11.1 Å². The van der Waals surface area contributed by atoms with Crippen LogP contribution in [0.2, 0.25) is 0 Å². The van der Waals surface area contributed by atoms with E-state index in [-0.39, 0.29) is 0 Å². The maximum Gasteiger partial charge on any atom is 0.0565 e. The minimum absolute atomic E-state index is 0.804. The van der Waals surface area contributed by atoms with Crippen LogP contribution in [-0.2, 0) is 6.54 Å². The van der Waals surface area contributed by atoms with Crippen molar-refractivity contribution in [2.24, 2.45) is 0 Å². The number of hydrogen-bond acceptors (Lipinski definition) is 4. The molecule has 2 heterocycles. The fraction of sp³-hybridized carbons (Fsp3) is 0.286. The van der Waals surface area contributed by atoms with Gasteiger partial charge in [-0.3, -0.25) is 5.10 Å². The molecule has 3 N–H and O–H groups in total. The van der Waals surface area contributed by atoms with Crippen molar-refractivity contribution in [3.63, 3.8) is 0 Å². The molecule has 5 nitrogen and oxygen atoms in total. The molecule has 0 amide bonds. The van der Waals surface area contributed by atoms with Gasteiger partial charge in [-0.05, 0) is 47.9 Å². The lowest BCUT2D eigenvalue weighted by molar-refractivity contribution is 0.588. The van der Waals surface area contributed by atoms with E-state index in [1.807, 2.05) is 12.4 Å². The van der Waals surface area contributed by atoms with E-state index < -0.39 is 0 Å². The van der Waals surface area contributed by atoms with Crippen LogP contribution < -0.4 is 15.5 Å². The third-order valence-corrected chi connectivity index (χ3v) is 4.91. The predicted molar refractivity (Wildman–Crippen MR) is 108 cm³/mol. The van der Waals surface area contributed by atoms with E-state index in [0.717, 1.165) is 44.0 Å². The maximum absolute atomic E-state index is 4.03. The molecule has 1 aliphatic heterocycles. The van der Waals surface area contributed by atoms with Crippen LogP contribution in [-0.4, -0.2) is 36.4 Å². The zero-order valence-electron chi connectivity index (χ0n) is 15.1. The number of nitrogens with one attached hydrogen (secondary N) is 3. The second-order valence-corrected chi connectivity index (χ2v) is 6.78. The van der Waals surface area contributed by atoms with Gasteiger partial charge < -0.3 is 15.5 Å². The van der Waals surface area contributed by atoms with Crippen LogP contribution in [0.25, 0.3) is 11.1 Å². The molecule has 0 radical (unpaired) electrons. The molecule has 5 heteroatoms. The monoisotopic (exact) mass is 347 g/mol. The normalized spacial score (nSPS) is 14.4. The van der Waals surface area contributed by atoms with Gasteiger partial charge in [0.1, 0.15) is 0 Å². The Labute approximate surface area is 154 Å². The van der Waals surface area contributed by atoms with Gasteiger partial charge in [0.15, 0.2) is 0 Å². The Hall–Kier alpha value is -2.79. The molecule has 0 atom stereocenters. The second-order valence-electron chi connectivity index (χ2n) is 6.78. The fourth-order valence-corrected chi connectivity index (χ4v) is 3.50. The molecule has 4 rings (SSSR count). The number of piperazine rings is 1. The van der Waals surface area contributed by atoms with E-state index in [4.69, 9.17) is 0 Å². The first-order chi connectivity index (χ1) is 12.8. The van der Waals surface area contributed by atoms with E-state index in [1.165, 1.54) is 22.4 Å². The highest BCUT2D eigenvalue weighted by atomic mass is 15.2. The predicted octanol–water partition coefficient (Wildman–Crippen LogP) is 3.41. The third-order valence-electron chi connectivity index (χ3n) is 4.91. The van der Waals surface area contributed by atoms with Gasteiger partial charge in [-0.2, -0.15) is 5.10 Å². The highest BCUT2D eigenvalue weighted by Gasteiger charge is 2.12. The molecule has 1 aromatic heterocycles. The fourth-order valence-electron chi connectivity index (χ4n) is 3.50. The summed E-state index contributed by atoms with van der Waals surface area (Å²) >= 11 is 0. The number of anilines is 2. The quantitative estimate of drug-likeness (QED) is 0.662. The van der Waals surface area contributed by atoms with E-state index >= 15 is 0 Å². The van der Waals surface area contributed by atoms with E-state index in [9.17, 15) is 0 Å². The first kappa shape index (κ1) is 16.7. The smallest absolute Gasteiger partial charge is 0.0565 e. The molecule has 2 aromatic carbocycles. The second kappa shape index (κ2) is 7.62. The van der Waals surface area contributed by atoms with Crippen molar-refractivity contribution in [2.45, 2.75) is 13.5 Å². The molecular weight excluding hydrogens is 322 g/mol. The Kier molecular flexibility index (Phi) is 4.88. The van der Waals surface area contributed by atoms with Gasteiger partial charge in [-0.1, -0.05) is 18.2 Å². The van der Waals surface area contributed by atoms with Crippen LogP contribution in [0.3, 0.4) is 0 Å². The van der Waals surface area contributed by atoms with Crippen LogP contribution in [0.15, 0.2) is 54.9 Å². The number of benzene rings is 2. The topological polar surface area (TPSA) is 56.0 Å². The first-order valence-electron chi connectivity index (χ1n) is 9.18. The summed E-state index contributed by atoms with van der Waals surface area (Å²) in [5.74, 6) is 0. The molecule has 1 saturated heterocycles. The number of nitrogens with zero attached hydrogens (tertiary/aromatic N) is 2. The minimum Gasteiger partial charge on any atom is -0.381 e. The van der Waals surface area contributed by atoms with Crippen molar-refractivity contribution >= 4 is 11.4 Å². The highest BCUT2D eigenvalue weighted by Crippen LogP contribution is 2.25. The molecular formula is C21H25N5. The molecule has 0 unspecified atom stereocenters. The van der Waals surface area contributed by atoms with Crippen LogP contribution in [0.4, 0.5) is 11.4 Å². The average Bonchev–Trinajstić information content (AvgIpc) is 3.22. The number of aryl methyl sites for hydroxylation is 1. The molecule has 0 spiro atoms. The minimum atomic E-state index is 0.804. The SMILES string of the molecule is Cc1cc(NCc2cccc(-c3cn[nH]c3)c2)ccc1N1CCNCC1. The third kappa shape index (κ3) is 3.73. The molecule has 26 heavy (non-hydrogen) atoms. The summed E-state index contributed by atoms with van der Waals surface area (Å²) in [6.45, 7) is 7.28. The van der Waals surface area contributed by atoms with Crippen molar-refractivity contribution in [3.8, 4) is 11.1 Å². The lowest BCUT2D eigenvalue weighted by atomic mass is 10.1. The van der Waals surface area contributed by atoms with Crippen LogP contribution >= 0.6 is 0 Å². The Morgan fingerprint density at radius 3 is 2.73 bits per heavy atom. The molecule has 0 aliphatic carbocycles. The largest absolute Gasteiger partial charge is 0.381 e. The standard InChI is InChI=1S/C21H25N5/c1-16-11-20(5-6-21(16)26-9-7-22-8-10-26)23-13-17-3-2-4-18(12-17)19-14-24-25-15-19/h2-6,11-12,14-15,22-23H,7-10,13H2,1H3,(H,24,25). The Balaban J connectivity index is 1.43. The maximum atomic E-state index is 4.03. The lowest BCUT2D eigenvalue weighted by Crippen LogP contribution is -2.43. The number of H-pyrrole nitrogens is 1. The Bertz CT molecular complexity index is 851. The highest BCUT2D eigenvalue weighted by molar-refractivity contribution is 5.63. The van der Waals surface area contributed by atoms with Gasteiger partial charge in [0.2, 0.25) is 0 Å². The molecule has 3 aromatic rings. The zero-order chi connectivity index (χ0) is 17.8. The van der Waals surface area contributed by atoms with E-state index in [2.05, 4.69) is 75.1 Å². The van der Waals surface area contributed by atoms with Gasteiger partial charge in [0.05, 0.1) is 6.20 Å². The molecule has 1 fully saturated rings. The number of hydrogen-bond donors (Lipinski definition) is 3. The van der Waals surface area contributed by atoms with Crippen molar-refractivity contribution in [3.05, 3.63) is 66.0 Å². The number of aromatic amines is 1. The van der Waals surface area contributed by atoms with Gasteiger partial charge in [0.25, 0.3) is 0 Å². The van der Waals surface area contributed by atoms with Crippen molar-refractivity contribution in [1.82, 2.24) is 15.5 Å². The van der Waals surface area contributed by atoms with E-state index in [1.54, 1.807) is 0 Å². The van der Waals surface area contributed by atoms with Crippen molar-refractivity contribution in [1.29, 1.82) is 0 Å². The molecule has 1 aliphatic rings. The Morgan fingerprint density at radius 2 is 1.96 bits per heavy atom. The van der Waals surface area contributed by atoms with E-state index in [0.29, 0.717) is 0 Å². The zero-order valence-corrected chi connectivity index (χ0v) is 15.1. The van der Waals surface area contributed by atoms with Gasteiger partial charge in [-0.15, -0.1) is 0 Å². The summed E-state index contributed by atoms with van der Waals surface area (Å²) in [5, 5.41) is 13.9. The van der Waals surface area contributed by atoms with Crippen LogP contribution in [0.5, 0.6) is 0 Å². The summed E-state index contributed by atoms with van der Waals surface area (Å²) in [7, 11) is 0. The van der Waals surface area contributed by atoms with Gasteiger partial charge in [0, 0.05) is 55.9 Å². The summed E-state index contributed by atoms with van der Waals surface area (Å²) in [5.41, 5.74) is 7.39. The average molecular weight is 347 g/mol. The van der Waals surface area contributed by atoms with Gasteiger partial charge in [-0.25, -0.2) is 0 Å². The molecule has 0 bridgehead atoms. The first-order valence-corrected chi connectivity index (χ1v) is 9.18. The van der Waals surface area contributed by atoms with Crippen molar-refractivity contribution in [2.75, 3.05) is 36.4 Å². The summed E-state index contributed by atoms with van der Waals surface area (Å²) in [6.07, 6.45) is 3.77. The lowest BCUT2D eigenvalue weighted by Gasteiger charge is -2.31. The number of rotatable bonds is 5. The number of aromatic nitrogens is 2. The Morgan fingerprint density at radius 1 is 1.08 bits per heavy atom. The molecule has 0 saturated carbocycles. The summed E-state index contributed by atoms with van der Waals surface area (Å²) in [4.78, 5) is 2.46.